The van der Waals surface area contributed by atoms with Crippen LogP contribution in [0.1, 0.15) is 11.4 Å². The molecule has 4 rings (SSSR count). The summed E-state index contributed by atoms with van der Waals surface area (Å²) < 4.78 is 8.00. The third-order valence-electron chi connectivity index (χ3n) is 4.84. The van der Waals surface area contributed by atoms with Gasteiger partial charge in [0, 0.05) is 20.9 Å². The number of nitrogens with one attached hydrogen (secondary N) is 2. The normalized spacial score (nSPS) is 10.7. The van der Waals surface area contributed by atoms with Crippen molar-refractivity contribution >= 4 is 62.6 Å². The Balaban J connectivity index is 1.55. The molecule has 4 aromatic rings. The van der Waals surface area contributed by atoms with Crippen LogP contribution in [-0.4, -0.2) is 27.9 Å². The molecular formula is C24H20BrCl2N5O2S. The van der Waals surface area contributed by atoms with E-state index in [4.69, 9.17) is 27.9 Å². The van der Waals surface area contributed by atoms with Crippen molar-refractivity contribution in [1.29, 1.82) is 0 Å². The zero-order valence-electron chi connectivity index (χ0n) is 18.5. The van der Waals surface area contributed by atoms with Crippen LogP contribution in [0.2, 0.25) is 10.0 Å². The predicted molar refractivity (Wildman–Crippen MR) is 144 cm³/mol. The molecule has 1 heterocycles. The van der Waals surface area contributed by atoms with E-state index in [9.17, 15) is 4.79 Å². The van der Waals surface area contributed by atoms with E-state index in [-0.39, 0.29) is 12.6 Å². The minimum atomic E-state index is -0.370. The van der Waals surface area contributed by atoms with Crippen LogP contribution in [0, 0.1) is 0 Å². The van der Waals surface area contributed by atoms with Gasteiger partial charge in [-0.05, 0) is 54.1 Å². The van der Waals surface area contributed by atoms with Crippen LogP contribution in [0.3, 0.4) is 0 Å². The Labute approximate surface area is 225 Å². The van der Waals surface area contributed by atoms with Crippen molar-refractivity contribution in [3.05, 3.63) is 92.6 Å². The summed E-state index contributed by atoms with van der Waals surface area (Å²) in [6.07, 6.45) is 0. The Morgan fingerprint density at radius 3 is 2.69 bits per heavy atom. The standard InChI is InChI=1S/C24H20BrCl2N5O2S/c1-34-19-7-2-4-15(10-19)14-35-24-31-30-22(32(24)21-9-8-17(26)12-20(21)27)13-28-23(33)29-18-6-3-5-16(25)11-18/h2-12H,13-14H2,1H3,(H2,28,29,33). The highest BCUT2D eigenvalue weighted by molar-refractivity contribution is 9.10. The predicted octanol–water partition coefficient (Wildman–Crippen LogP) is 6.96. The molecule has 2 amide bonds. The zero-order chi connectivity index (χ0) is 24.8. The Hall–Kier alpha value is -2.72. The number of carbonyl (C=O) groups is 1. The first-order valence-corrected chi connectivity index (χ1v) is 12.9. The molecule has 1 aromatic heterocycles. The summed E-state index contributed by atoms with van der Waals surface area (Å²) in [5.41, 5.74) is 2.39. The van der Waals surface area contributed by atoms with Gasteiger partial charge in [-0.2, -0.15) is 0 Å². The fourth-order valence-electron chi connectivity index (χ4n) is 3.22. The minimum Gasteiger partial charge on any atom is -0.497 e. The lowest BCUT2D eigenvalue weighted by molar-refractivity contribution is 0.251. The molecule has 0 radical (unpaired) electrons. The van der Waals surface area contributed by atoms with Crippen molar-refractivity contribution in [2.45, 2.75) is 17.5 Å². The second kappa shape index (κ2) is 11.8. The van der Waals surface area contributed by atoms with Gasteiger partial charge in [0.2, 0.25) is 0 Å². The van der Waals surface area contributed by atoms with Gasteiger partial charge in [0.15, 0.2) is 11.0 Å². The molecule has 2 N–H and O–H groups in total. The third-order valence-corrected chi connectivity index (χ3v) is 6.87. The van der Waals surface area contributed by atoms with E-state index in [1.807, 2.05) is 47.0 Å². The van der Waals surface area contributed by atoms with Crippen LogP contribution in [0.4, 0.5) is 10.5 Å². The third kappa shape index (κ3) is 6.70. The molecular weight excluding hydrogens is 573 g/mol. The van der Waals surface area contributed by atoms with Gasteiger partial charge in [-0.25, -0.2) is 4.79 Å². The Bertz CT molecular complexity index is 1350. The lowest BCUT2D eigenvalue weighted by Gasteiger charge is -2.13. The van der Waals surface area contributed by atoms with Gasteiger partial charge in [0.1, 0.15) is 5.75 Å². The molecule has 0 unspecified atom stereocenters. The number of benzene rings is 3. The zero-order valence-corrected chi connectivity index (χ0v) is 22.4. The molecule has 0 spiro atoms. The van der Waals surface area contributed by atoms with Crippen molar-refractivity contribution in [3.8, 4) is 11.4 Å². The smallest absolute Gasteiger partial charge is 0.319 e. The van der Waals surface area contributed by atoms with Crippen molar-refractivity contribution in [3.63, 3.8) is 0 Å². The SMILES string of the molecule is COc1cccc(CSc2nnc(CNC(=O)Nc3cccc(Br)c3)n2-c2ccc(Cl)cc2Cl)c1. The number of anilines is 1. The van der Waals surface area contributed by atoms with E-state index in [1.54, 1.807) is 31.4 Å². The number of amides is 2. The molecule has 35 heavy (non-hydrogen) atoms. The Morgan fingerprint density at radius 1 is 1.09 bits per heavy atom. The van der Waals surface area contributed by atoms with Gasteiger partial charge < -0.3 is 15.4 Å². The van der Waals surface area contributed by atoms with E-state index in [0.717, 1.165) is 15.8 Å². The lowest BCUT2D eigenvalue weighted by atomic mass is 10.2. The highest BCUT2D eigenvalue weighted by atomic mass is 79.9. The number of rotatable bonds is 8. The highest BCUT2D eigenvalue weighted by Gasteiger charge is 2.18. The molecule has 0 aliphatic rings. The number of aromatic nitrogens is 3. The number of ether oxygens (including phenoxy) is 1. The van der Waals surface area contributed by atoms with Crippen LogP contribution in [0.25, 0.3) is 5.69 Å². The maximum atomic E-state index is 12.5. The fraction of sp³-hybridized carbons (Fsp3) is 0.125. The highest BCUT2D eigenvalue weighted by Crippen LogP contribution is 2.31. The average molecular weight is 593 g/mol. The number of methoxy groups -OCH3 is 1. The maximum Gasteiger partial charge on any atom is 0.319 e. The molecule has 7 nitrogen and oxygen atoms in total. The molecule has 0 saturated heterocycles. The van der Waals surface area contributed by atoms with E-state index in [1.165, 1.54) is 11.8 Å². The van der Waals surface area contributed by atoms with E-state index < -0.39 is 0 Å². The second-order valence-electron chi connectivity index (χ2n) is 7.29. The summed E-state index contributed by atoms with van der Waals surface area (Å²) in [5.74, 6) is 1.94. The van der Waals surface area contributed by atoms with Gasteiger partial charge in [-0.1, -0.05) is 69.1 Å². The summed E-state index contributed by atoms with van der Waals surface area (Å²) in [6, 6.07) is 20.0. The second-order valence-corrected chi connectivity index (χ2v) is 9.99. The summed E-state index contributed by atoms with van der Waals surface area (Å²) in [4.78, 5) is 12.5. The quantitative estimate of drug-likeness (QED) is 0.216. The molecule has 11 heteroatoms. The first-order chi connectivity index (χ1) is 16.9. The number of urea groups is 1. The number of halogens is 3. The number of hydrogen-bond acceptors (Lipinski definition) is 5. The number of hydrogen-bond donors (Lipinski definition) is 2. The Morgan fingerprint density at radius 2 is 1.91 bits per heavy atom. The van der Waals surface area contributed by atoms with E-state index in [0.29, 0.717) is 38.2 Å². The van der Waals surface area contributed by atoms with Crippen molar-refractivity contribution in [1.82, 2.24) is 20.1 Å². The molecule has 0 bridgehead atoms. The van der Waals surface area contributed by atoms with Crippen LogP contribution >= 0.6 is 50.9 Å². The van der Waals surface area contributed by atoms with Crippen molar-refractivity contribution < 1.29 is 9.53 Å². The largest absolute Gasteiger partial charge is 0.497 e. The first-order valence-electron chi connectivity index (χ1n) is 10.4. The van der Waals surface area contributed by atoms with Gasteiger partial charge in [0.25, 0.3) is 0 Å². The van der Waals surface area contributed by atoms with Crippen molar-refractivity contribution in [2.24, 2.45) is 0 Å². The number of thioether (sulfide) groups is 1. The van der Waals surface area contributed by atoms with E-state index in [2.05, 4.69) is 36.8 Å². The van der Waals surface area contributed by atoms with Crippen LogP contribution in [0.5, 0.6) is 5.75 Å². The van der Waals surface area contributed by atoms with Gasteiger partial charge >= 0.3 is 6.03 Å². The molecule has 180 valence electrons. The molecule has 0 saturated carbocycles. The molecule has 0 aliphatic carbocycles. The van der Waals surface area contributed by atoms with Gasteiger partial charge in [-0.3, -0.25) is 4.57 Å². The monoisotopic (exact) mass is 591 g/mol. The number of carbonyl (C=O) groups excluding carboxylic acids is 1. The van der Waals surface area contributed by atoms with Crippen LogP contribution < -0.4 is 15.4 Å². The summed E-state index contributed by atoms with van der Waals surface area (Å²) >= 11 is 17.5. The van der Waals surface area contributed by atoms with E-state index >= 15 is 0 Å². The maximum absolute atomic E-state index is 12.5. The Kier molecular flexibility index (Phi) is 8.56. The molecule has 0 atom stereocenters. The van der Waals surface area contributed by atoms with Crippen molar-refractivity contribution in [2.75, 3.05) is 12.4 Å². The minimum absolute atomic E-state index is 0.130. The summed E-state index contributed by atoms with van der Waals surface area (Å²) in [7, 11) is 1.64. The first kappa shape index (κ1) is 25.4. The number of nitrogens with zero attached hydrogens (tertiary/aromatic N) is 3. The van der Waals surface area contributed by atoms with Crippen LogP contribution in [0.15, 0.2) is 76.4 Å². The summed E-state index contributed by atoms with van der Waals surface area (Å²) in [5, 5.41) is 15.9. The average Bonchev–Trinajstić information content (AvgIpc) is 3.24. The topological polar surface area (TPSA) is 81.1 Å². The molecule has 0 fully saturated rings. The molecule has 0 aliphatic heterocycles. The lowest BCUT2D eigenvalue weighted by Crippen LogP contribution is -2.29. The fourth-order valence-corrected chi connectivity index (χ4v) is 5.02. The summed E-state index contributed by atoms with van der Waals surface area (Å²) in [6.45, 7) is 0.130. The van der Waals surface area contributed by atoms with Gasteiger partial charge in [0.05, 0.1) is 24.4 Å². The van der Waals surface area contributed by atoms with Crippen LogP contribution in [-0.2, 0) is 12.3 Å². The van der Waals surface area contributed by atoms with Gasteiger partial charge in [-0.15, -0.1) is 10.2 Å². The molecule has 3 aromatic carbocycles.